The fourth-order valence-electron chi connectivity index (χ4n) is 4.61. The van der Waals surface area contributed by atoms with E-state index in [-0.39, 0.29) is 5.82 Å². The molecule has 2 saturated heterocycles. The monoisotopic (exact) mass is 376 g/mol. The van der Waals surface area contributed by atoms with Crippen molar-refractivity contribution in [2.24, 2.45) is 5.92 Å². The average molecular weight is 377 g/mol. The smallest absolute Gasteiger partial charge is 0.123 e. The molecule has 1 unspecified atom stereocenters. The summed E-state index contributed by atoms with van der Waals surface area (Å²) in [7, 11) is 0. The van der Waals surface area contributed by atoms with Crippen LogP contribution in [0.3, 0.4) is 0 Å². The van der Waals surface area contributed by atoms with Crippen molar-refractivity contribution < 1.29 is 9.13 Å². The van der Waals surface area contributed by atoms with E-state index >= 15 is 0 Å². The van der Waals surface area contributed by atoms with E-state index in [4.69, 9.17) is 4.74 Å². The quantitative estimate of drug-likeness (QED) is 0.581. The summed E-state index contributed by atoms with van der Waals surface area (Å²) in [5.74, 6) is 1.33. The maximum Gasteiger partial charge on any atom is 0.123 e. The number of nitrogens with zero attached hydrogens (tertiary/aromatic N) is 2. The molecule has 27 heavy (non-hydrogen) atoms. The van der Waals surface area contributed by atoms with E-state index in [1.807, 2.05) is 0 Å². The summed E-state index contributed by atoms with van der Waals surface area (Å²) in [6.07, 6.45) is 12.5. The highest BCUT2D eigenvalue weighted by Gasteiger charge is 2.29. The highest BCUT2D eigenvalue weighted by Crippen LogP contribution is 2.27. The number of unbranched alkanes of at least 4 members (excludes halogenated alkanes) is 1. The Bertz CT molecular complexity index is 522. The highest BCUT2D eigenvalue weighted by atomic mass is 19.1. The molecule has 0 radical (unpaired) electrons. The molecule has 0 aliphatic carbocycles. The average Bonchev–Trinajstić information content (AvgIpc) is 2.72. The minimum absolute atomic E-state index is 0.207. The van der Waals surface area contributed by atoms with Crippen LogP contribution in [0.15, 0.2) is 24.3 Å². The van der Waals surface area contributed by atoms with Crippen LogP contribution in [0, 0.1) is 11.7 Å². The molecule has 0 spiro atoms. The molecule has 1 aromatic carbocycles. The van der Waals surface area contributed by atoms with Gasteiger partial charge in [0.05, 0.1) is 12.8 Å². The second-order valence-electron chi connectivity index (χ2n) is 8.29. The lowest BCUT2D eigenvalue weighted by atomic mass is 9.93. The molecule has 2 fully saturated rings. The molecule has 2 heterocycles. The third-order valence-electron chi connectivity index (χ3n) is 6.31. The van der Waals surface area contributed by atoms with Crippen LogP contribution in [0.2, 0.25) is 0 Å². The van der Waals surface area contributed by atoms with Gasteiger partial charge in [-0.3, -0.25) is 9.80 Å². The summed E-state index contributed by atoms with van der Waals surface area (Å²) in [6.45, 7) is 8.08. The Kier molecular flexibility index (Phi) is 8.40. The van der Waals surface area contributed by atoms with E-state index in [0.29, 0.717) is 6.17 Å². The zero-order chi connectivity index (χ0) is 18.9. The molecule has 2 aliphatic rings. The van der Waals surface area contributed by atoms with E-state index in [1.165, 1.54) is 89.7 Å². The Morgan fingerprint density at radius 3 is 2.33 bits per heavy atom. The number of likely N-dealkylation sites (tertiary alicyclic amines) is 2. The van der Waals surface area contributed by atoms with Crippen molar-refractivity contribution in [2.75, 3.05) is 32.8 Å². The van der Waals surface area contributed by atoms with Gasteiger partial charge < -0.3 is 4.74 Å². The molecular formula is C23H37FN2O. The summed E-state index contributed by atoms with van der Waals surface area (Å²) in [5.41, 5.74) is 0. The highest BCUT2D eigenvalue weighted by molar-refractivity contribution is 5.21. The lowest BCUT2D eigenvalue weighted by molar-refractivity contribution is -0.0000330. The summed E-state index contributed by atoms with van der Waals surface area (Å²) < 4.78 is 18.7. The molecule has 0 bridgehead atoms. The van der Waals surface area contributed by atoms with Crippen LogP contribution in [0.5, 0.6) is 5.75 Å². The predicted molar refractivity (Wildman–Crippen MR) is 110 cm³/mol. The number of rotatable bonds is 9. The molecule has 152 valence electrons. The van der Waals surface area contributed by atoms with Gasteiger partial charge in [-0.2, -0.15) is 0 Å². The zero-order valence-electron chi connectivity index (χ0n) is 17.0. The number of benzene rings is 1. The molecule has 0 saturated carbocycles. The molecule has 1 atom stereocenters. The Balaban J connectivity index is 1.41. The minimum atomic E-state index is -0.207. The van der Waals surface area contributed by atoms with E-state index < -0.39 is 0 Å². The molecule has 1 aromatic rings. The van der Waals surface area contributed by atoms with Gasteiger partial charge in [0.15, 0.2) is 0 Å². The van der Waals surface area contributed by atoms with Crippen molar-refractivity contribution in [3.63, 3.8) is 0 Å². The summed E-state index contributed by atoms with van der Waals surface area (Å²) in [5, 5.41) is 0. The summed E-state index contributed by atoms with van der Waals surface area (Å²) in [4.78, 5) is 5.52. The number of hydrogen-bond donors (Lipinski definition) is 0. The van der Waals surface area contributed by atoms with Gasteiger partial charge in [0.1, 0.15) is 11.6 Å². The van der Waals surface area contributed by atoms with Crippen molar-refractivity contribution in [1.82, 2.24) is 9.80 Å². The Hall–Kier alpha value is -1.13. The predicted octanol–water partition coefficient (Wildman–Crippen LogP) is 5.31. The Morgan fingerprint density at radius 2 is 1.67 bits per heavy atom. The zero-order valence-corrected chi connectivity index (χ0v) is 17.0. The first-order valence-corrected chi connectivity index (χ1v) is 11.1. The molecule has 0 aromatic heterocycles. The van der Waals surface area contributed by atoms with Crippen LogP contribution in [-0.4, -0.2) is 48.8 Å². The lowest BCUT2D eigenvalue weighted by Crippen LogP contribution is -2.52. The third-order valence-corrected chi connectivity index (χ3v) is 6.31. The van der Waals surface area contributed by atoms with Gasteiger partial charge in [-0.05, 0) is 94.9 Å². The number of ether oxygens (including phenoxy) is 1. The second kappa shape index (κ2) is 11.0. The van der Waals surface area contributed by atoms with Crippen LogP contribution in [-0.2, 0) is 0 Å². The summed E-state index contributed by atoms with van der Waals surface area (Å²) in [6, 6.07) is 6.36. The van der Waals surface area contributed by atoms with Crippen LogP contribution in [0.1, 0.15) is 64.7 Å². The minimum Gasteiger partial charge on any atom is -0.494 e. The Labute approximate surface area is 164 Å². The van der Waals surface area contributed by atoms with Gasteiger partial charge in [0, 0.05) is 0 Å². The van der Waals surface area contributed by atoms with Crippen LogP contribution in [0.4, 0.5) is 4.39 Å². The van der Waals surface area contributed by atoms with Gasteiger partial charge in [-0.1, -0.05) is 26.2 Å². The largest absolute Gasteiger partial charge is 0.494 e. The van der Waals surface area contributed by atoms with Gasteiger partial charge >= 0.3 is 0 Å². The normalized spacial score (nSPS) is 21.3. The van der Waals surface area contributed by atoms with Gasteiger partial charge in [0.2, 0.25) is 0 Å². The lowest BCUT2D eigenvalue weighted by Gasteiger charge is -2.44. The van der Waals surface area contributed by atoms with Crippen molar-refractivity contribution in [3.05, 3.63) is 30.1 Å². The maximum absolute atomic E-state index is 12.9. The Morgan fingerprint density at radius 1 is 1.00 bits per heavy atom. The van der Waals surface area contributed by atoms with E-state index in [1.54, 1.807) is 12.1 Å². The van der Waals surface area contributed by atoms with E-state index in [9.17, 15) is 4.39 Å². The first kappa shape index (κ1) is 20.6. The van der Waals surface area contributed by atoms with Crippen LogP contribution >= 0.6 is 0 Å². The maximum atomic E-state index is 12.9. The summed E-state index contributed by atoms with van der Waals surface area (Å²) >= 11 is 0. The molecule has 0 amide bonds. The van der Waals surface area contributed by atoms with E-state index in [0.717, 1.165) is 24.7 Å². The topological polar surface area (TPSA) is 15.7 Å². The van der Waals surface area contributed by atoms with Crippen molar-refractivity contribution in [1.29, 1.82) is 0 Å². The van der Waals surface area contributed by atoms with Crippen LogP contribution in [0.25, 0.3) is 0 Å². The van der Waals surface area contributed by atoms with Crippen molar-refractivity contribution in [3.8, 4) is 5.75 Å². The molecule has 2 aliphatic heterocycles. The molecule has 4 heteroatoms. The van der Waals surface area contributed by atoms with Gasteiger partial charge in [-0.25, -0.2) is 4.39 Å². The molecule has 0 N–H and O–H groups in total. The van der Waals surface area contributed by atoms with Gasteiger partial charge in [-0.15, -0.1) is 0 Å². The fourth-order valence-corrected chi connectivity index (χ4v) is 4.61. The van der Waals surface area contributed by atoms with Crippen LogP contribution < -0.4 is 4.74 Å². The van der Waals surface area contributed by atoms with Crippen molar-refractivity contribution >= 4 is 0 Å². The molecule has 3 rings (SSSR count). The molecular weight excluding hydrogens is 339 g/mol. The van der Waals surface area contributed by atoms with Crippen molar-refractivity contribution in [2.45, 2.75) is 70.9 Å². The first-order chi connectivity index (χ1) is 13.3. The van der Waals surface area contributed by atoms with Gasteiger partial charge in [0.25, 0.3) is 0 Å². The number of halogens is 1. The molecule has 3 nitrogen and oxygen atoms in total. The third kappa shape index (κ3) is 6.46. The standard InChI is InChI=1S/C23H37FN2O/c1-2-3-7-23(25-15-5-4-6-16-25)26-17-12-20(13-18-26)14-19-27-22-10-8-21(24)9-11-22/h8-11,20,23H,2-7,12-19H2,1H3. The first-order valence-electron chi connectivity index (χ1n) is 11.1. The number of hydrogen-bond acceptors (Lipinski definition) is 3. The van der Waals surface area contributed by atoms with E-state index in [2.05, 4.69) is 16.7 Å². The fraction of sp³-hybridized carbons (Fsp3) is 0.739. The number of piperidine rings is 2. The SMILES string of the molecule is CCCCC(N1CCCCC1)N1CCC(CCOc2ccc(F)cc2)CC1. The second-order valence-corrected chi connectivity index (χ2v) is 8.29.